The van der Waals surface area contributed by atoms with Crippen molar-refractivity contribution in [1.29, 1.82) is 0 Å². The third kappa shape index (κ3) is 5.41. The monoisotopic (exact) mass is 271 g/mol. The molecule has 4 atom stereocenters. The summed E-state index contributed by atoms with van der Waals surface area (Å²) in [4.78, 5) is 0. The van der Waals surface area contributed by atoms with Crippen LogP contribution in [0.25, 0.3) is 0 Å². The molecule has 0 aromatic rings. The van der Waals surface area contributed by atoms with E-state index in [2.05, 4.69) is 33.0 Å². The maximum absolute atomic E-state index is 6.23. The SMILES string of the molecule is CCOCC(C)OC1CC(C(C)(C)C)CCC1NC. The van der Waals surface area contributed by atoms with Crippen LogP contribution in [0.5, 0.6) is 0 Å². The summed E-state index contributed by atoms with van der Waals surface area (Å²) >= 11 is 0. The van der Waals surface area contributed by atoms with E-state index in [1.807, 2.05) is 14.0 Å². The Bertz CT molecular complexity index is 250. The molecule has 0 aromatic carbocycles. The van der Waals surface area contributed by atoms with Gasteiger partial charge in [-0.1, -0.05) is 20.8 Å². The van der Waals surface area contributed by atoms with Crippen LogP contribution in [0.2, 0.25) is 0 Å². The Kier molecular flexibility index (Phi) is 6.78. The molecule has 0 aliphatic heterocycles. The highest BCUT2D eigenvalue weighted by Crippen LogP contribution is 2.39. The second-order valence-electron chi connectivity index (χ2n) is 6.92. The molecular weight excluding hydrogens is 238 g/mol. The minimum absolute atomic E-state index is 0.180. The molecule has 114 valence electrons. The van der Waals surface area contributed by atoms with E-state index >= 15 is 0 Å². The van der Waals surface area contributed by atoms with Crippen LogP contribution in [-0.4, -0.2) is 38.5 Å². The molecule has 0 heterocycles. The molecule has 1 fully saturated rings. The van der Waals surface area contributed by atoms with Gasteiger partial charge in [-0.25, -0.2) is 0 Å². The molecule has 0 amide bonds. The molecule has 0 bridgehead atoms. The van der Waals surface area contributed by atoms with Crippen molar-refractivity contribution in [3.8, 4) is 0 Å². The van der Waals surface area contributed by atoms with Gasteiger partial charge in [0.1, 0.15) is 0 Å². The van der Waals surface area contributed by atoms with Crippen LogP contribution in [0, 0.1) is 11.3 Å². The van der Waals surface area contributed by atoms with E-state index < -0.39 is 0 Å². The Hall–Kier alpha value is -0.120. The molecule has 3 nitrogen and oxygen atoms in total. The van der Waals surface area contributed by atoms with Gasteiger partial charge in [0.25, 0.3) is 0 Å². The maximum atomic E-state index is 6.23. The van der Waals surface area contributed by atoms with Gasteiger partial charge in [-0.15, -0.1) is 0 Å². The van der Waals surface area contributed by atoms with Crippen molar-refractivity contribution in [1.82, 2.24) is 5.32 Å². The molecule has 0 aromatic heterocycles. The number of likely N-dealkylation sites (N-methyl/N-ethyl adjacent to an activating group) is 1. The second-order valence-corrected chi connectivity index (χ2v) is 6.92. The maximum Gasteiger partial charge on any atom is 0.0785 e. The van der Waals surface area contributed by atoms with Crippen molar-refractivity contribution in [3.63, 3.8) is 0 Å². The van der Waals surface area contributed by atoms with E-state index in [0.29, 0.717) is 24.2 Å². The Balaban J connectivity index is 2.55. The Morgan fingerprint density at radius 3 is 2.47 bits per heavy atom. The summed E-state index contributed by atoms with van der Waals surface area (Å²) in [7, 11) is 2.05. The second kappa shape index (κ2) is 7.61. The fourth-order valence-electron chi connectivity index (χ4n) is 3.02. The summed E-state index contributed by atoms with van der Waals surface area (Å²) in [6.45, 7) is 12.6. The highest BCUT2D eigenvalue weighted by molar-refractivity contribution is 4.89. The van der Waals surface area contributed by atoms with Crippen molar-refractivity contribution in [3.05, 3.63) is 0 Å². The predicted molar refractivity (Wildman–Crippen MR) is 80.5 cm³/mol. The molecule has 1 aliphatic carbocycles. The zero-order chi connectivity index (χ0) is 14.5. The molecule has 19 heavy (non-hydrogen) atoms. The van der Waals surface area contributed by atoms with Crippen molar-refractivity contribution < 1.29 is 9.47 Å². The first-order valence-corrected chi connectivity index (χ1v) is 7.79. The van der Waals surface area contributed by atoms with Gasteiger partial charge in [-0.2, -0.15) is 0 Å². The zero-order valence-corrected chi connectivity index (χ0v) is 13.7. The van der Waals surface area contributed by atoms with E-state index in [-0.39, 0.29) is 6.10 Å². The van der Waals surface area contributed by atoms with Gasteiger partial charge < -0.3 is 14.8 Å². The van der Waals surface area contributed by atoms with E-state index in [9.17, 15) is 0 Å². The summed E-state index contributed by atoms with van der Waals surface area (Å²) in [5.41, 5.74) is 0.378. The molecule has 1 rings (SSSR count). The molecular formula is C16H33NO2. The first kappa shape index (κ1) is 16.9. The van der Waals surface area contributed by atoms with Gasteiger partial charge >= 0.3 is 0 Å². The van der Waals surface area contributed by atoms with Gasteiger partial charge in [0.05, 0.1) is 18.8 Å². The molecule has 0 saturated heterocycles. The van der Waals surface area contributed by atoms with Gasteiger partial charge in [0, 0.05) is 12.6 Å². The molecule has 1 aliphatic rings. The topological polar surface area (TPSA) is 30.5 Å². The zero-order valence-electron chi connectivity index (χ0n) is 13.7. The number of rotatable bonds is 6. The fraction of sp³-hybridized carbons (Fsp3) is 1.00. The largest absolute Gasteiger partial charge is 0.379 e. The van der Waals surface area contributed by atoms with Crippen LogP contribution in [0.3, 0.4) is 0 Å². The lowest BCUT2D eigenvalue weighted by molar-refractivity contribution is -0.0860. The minimum atomic E-state index is 0.180. The van der Waals surface area contributed by atoms with Crippen LogP contribution >= 0.6 is 0 Å². The van der Waals surface area contributed by atoms with E-state index in [4.69, 9.17) is 9.47 Å². The first-order chi connectivity index (χ1) is 8.88. The molecule has 4 unspecified atom stereocenters. The van der Waals surface area contributed by atoms with E-state index in [1.54, 1.807) is 0 Å². The van der Waals surface area contributed by atoms with Crippen LogP contribution in [0.4, 0.5) is 0 Å². The molecule has 3 heteroatoms. The average molecular weight is 271 g/mol. The molecule has 1 N–H and O–H groups in total. The fourth-order valence-corrected chi connectivity index (χ4v) is 3.02. The lowest BCUT2D eigenvalue weighted by atomic mass is 9.70. The normalized spacial score (nSPS) is 30.3. The summed E-state index contributed by atoms with van der Waals surface area (Å²) in [5.74, 6) is 0.751. The number of nitrogens with one attached hydrogen (secondary N) is 1. The Morgan fingerprint density at radius 2 is 1.95 bits per heavy atom. The van der Waals surface area contributed by atoms with Gasteiger partial charge in [-0.3, -0.25) is 0 Å². The van der Waals surface area contributed by atoms with E-state index in [0.717, 1.165) is 18.9 Å². The smallest absolute Gasteiger partial charge is 0.0785 e. The lowest BCUT2D eigenvalue weighted by Crippen LogP contribution is -2.47. The quantitative estimate of drug-likeness (QED) is 0.804. The van der Waals surface area contributed by atoms with Crippen LogP contribution < -0.4 is 5.32 Å². The van der Waals surface area contributed by atoms with Gasteiger partial charge in [0.15, 0.2) is 0 Å². The van der Waals surface area contributed by atoms with Gasteiger partial charge in [0.2, 0.25) is 0 Å². The predicted octanol–water partition coefficient (Wildman–Crippen LogP) is 3.23. The number of hydrogen-bond acceptors (Lipinski definition) is 3. The summed E-state index contributed by atoms with van der Waals surface area (Å²) in [6.07, 6.45) is 4.17. The third-order valence-electron chi connectivity index (χ3n) is 4.35. The van der Waals surface area contributed by atoms with E-state index in [1.165, 1.54) is 12.8 Å². The summed E-state index contributed by atoms with van der Waals surface area (Å²) in [5, 5.41) is 3.42. The van der Waals surface area contributed by atoms with Gasteiger partial charge in [-0.05, 0) is 51.5 Å². The minimum Gasteiger partial charge on any atom is -0.379 e. The van der Waals surface area contributed by atoms with Crippen LogP contribution in [0.15, 0.2) is 0 Å². The van der Waals surface area contributed by atoms with Crippen LogP contribution in [-0.2, 0) is 9.47 Å². The lowest BCUT2D eigenvalue weighted by Gasteiger charge is -2.42. The van der Waals surface area contributed by atoms with Crippen molar-refractivity contribution >= 4 is 0 Å². The first-order valence-electron chi connectivity index (χ1n) is 7.79. The standard InChI is InChI=1S/C16H33NO2/c1-7-18-11-12(2)19-15-10-13(16(3,4)5)8-9-14(15)17-6/h12-15,17H,7-11H2,1-6H3. The molecule has 1 saturated carbocycles. The average Bonchev–Trinajstić information content (AvgIpc) is 2.35. The Labute approximate surface area is 119 Å². The number of ether oxygens (including phenoxy) is 2. The van der Waals surface area contributed by atoms with Crippen molar-refractivity contribution in [2.75, 3.05) is 20.3 Å². The number of hydrogen-bond donors (Lipinski definition) is 1. The highest BCUT2D eigenvalue weighted by Gasteiger charge is 2.36. The summed E-state index contributed by atoms with van der Waals surface area (Å²) in [6, 6.07) is 0.489. The molecule has 0 spiro atoms. The van der Waals surface area contributed by atoms with Crippen molar-refractivity contribution in [2.24, 2.45) is 11.3 Å². The molecule has 0 radical (unpaired) electrons. The van der Waals surface area contributed by atoms with Crippen molar-refractivity contribution in [2.45, 2.75) is 72.1 Å². The Morgan fingerprint density at radius 1 is 1.26 bits per heavy atom. The van der Waals surface area contributed by atoms with Crippen LogP contribution in [0.1, 0.15) is 53.9 Å². The third-order valence-corrected chi connectivity index (χ3v) is 4.35. The summed E-state index contributed by atoms with van der Waals surface area (Å²) < 4.78 is 11.7. The highest BCUT2D eigenvalue weighted by atomic mass is 16.5.